The van der Waals surface area contributed by atoms with E-state index in [1.807, 2.05) is 35.2 Å². The number of hydrogen-bond donors (Lipinski definition) is 0. The lowest BCUT2D eigenvalue weighted by Gasteiger charge is -2.42. The van der Waals surface area contributed by atoms with Gasteiger partial charge in [-0.2, -0.15) is 0 Å². The summed E-state index contributed by atoms with van der Waals surface area (Å²) >= 11 is 0. The fourth-order valence-corrected chi connectivity index (χ4v) is 3.99. The highest BCUT2D eigenvalue weighted by Gasteiger charge is 2.42. The molecule has 2 aliphatic heterocycles. The Bertz CT molecular complexity index is 594. The zero-order chi connectivity index (χ0) is 17.3. The molecule has 0 radical (unpaired) electrons. The summed E-state index contributed by atoms with van der Waals surface area (Å²) in [6.07, 6.45) is 0.517. The number of carbonyl (C=O) groups excluding carboxylic acids is 2. The standard InChI is InChI=1S/C19H26N2O3/c1-13-9-14(2)11-21(10-13)19(23)18-17(15-7-5-4-6-8-15)20(3)16(22)12-24-18/h4-8,13-14,17-18H,9-12H2,1-3H3/t13-,14+,17-,18-/m1/s1. The number of ether oxygens (including phenoxy) is 1. The molecule has 5 nitrogen and oxygen atoms in total. The van der Waals surface area contributed by atoms with Crippen LogP contribution in [0.1, 0.15) is 31.9 Å². The number of likely N-dealkylation sites (N-methyl/N-ethyl adjacent to an activating group) is 1. The van der Waals surface area contributed by atoms with E-state index in [0.717, 1.165) is 25.1 Å². The summed E-state index contributed by atoms with van der Waals surface area (Å²) in [5.74, 6) is 0.904. The average Bonchev–Trinajstić information content (AvgIpc) is 2.56. The third-order valence-electron chi connectivity index (χ3n) is 5.05. The van der Waals surface area contributed by atoms with E-state index in [-0.39, 0.29) is 24.5 Å². The summed E-state index contributed by atoms with van der Waals surface area (Å²) in [6, 6.07) is 9.31. The molecule has 3 rings (SSSR count). The fourth-order valence-electron chi connectivity index (χ4n) is 3.99. The minimum atomic E-state index is -0.632. The third kappa shape index (κ3) is 3.31. The number of benzene rings is 1. The number of rotatable bonds is 2. The molecule has 0 aromatic heterocycles. The molecule has 0 aliphatic carbocycles. The SMILES string of the molecule is C[C@@H]1C[C@H](C)CN(C(=O)[C@@H]2OCC(=O)N(C)[C@@H]2c2ccccc2)C1. The van der Waals surface area contributed by atoms with Crippen LogP contribution >= 0.6 is 0 Å². The maximum absolute atomic E-state index is 13.1. The molecule has 130 valence electrons. The zero-order valence-electron chi connectivity index (χ0n) is 14.6. The molecule has 2 saturated heterocycles. The van der Waals surface area contributed by atoms with E-state index < -0.39 is 6.10 Å². The molecular formula is C19H26N2O3. The zero-order valence-corrected chi connectivity index (χ0v) is 14.6. The van der Waals surface area contributed by atoms with Gasteiger partial charge in [-0.15, -0.1) is 0 Å². The number of morpholine rings is 1. The van der Waals surface area contributed by atoms with Crippen LogP contribution in [-0.4, -0.2) is 54.5 Å². The number of carbonyl (C=O) groups is 2. The van der Waals surface area contributed by atoms with Gasteiger partial charge in [0.1, 0.15) is 6.61 Å². The molecule has 24 heavy (non-hydrogen) atoms. The first-order valence-electron chi connectivity index (χ1n) is 8.68. The van der Waals surface area contributed by atoms with Crippen LogP contribution in [-0.2, 0) is 14.3 Å². The van der Waals surface area contributed by atoms with Gasteiger partial charge in [-0.3, -0.25) is 9.59 Å². The lowest BCUT2D eigenvalue weighted by atomic mass is 9.90. The van der Waals surface area contributed by atoms with E-state index in [1.54, 1.807) is 11.9 Å². The minimum Gasteiger partial charge on any atom is -0.356 e. The fraction of sp³-hybridized carbons (Fsp3) is 0.579. The van der Waals surface area contributed by atoms with Crippen LogP contribution < -0.4 is 0 Å². The van der Waals surface area contributed by atoms with Crippen molar-refractivity contribution in [2.24, 2.45) is 11.8 Å². The highest BCUT2D eigenvalue weighted by Crippen LogP contribution is 2.31. The summed E-state index contributed by atoms with van der Waals surface area (Å²) in [5.41, 5.74) is 0.935. The van der Waals surface area contributed by atoms with Crippen molar-refractivity contribution in [3.05, 3.63) is 35.9 Å². The molecule has 5 heteroatoms. The van der Waals surface area contributed by atoms with Crippen molar-refractivity contribution < 1.29 is 14.3 Å². The van der Waals surface area contributed by atoms with Gasteiger partial charge in [-0.05, 0) is 23.8 Å². The molecule has 0 bridgehead atoms. The number of nitrogens with zero attached hydrogens (tertiary/aromatic N) is 2. The van der Waals surface area contributed by atoms with E-state index in [2.05, 4.69) is 13.8 Å². The largest absolute Gasteiger partial charge is 0.356 e. The average molecular weight is 330 g/mol. The third-order valence-corrected chi connectivity index (χ3v) is 5.05. The smallest absolute Gasteiger partial charge is 0.254 e. The normalized spacial score (nSPS) is 31.2. The molecule has 0 saturated carbocycles. The molecule has 0 N–H and O–H groups in total. The van der Waals surface area contributed by atoms with Crippen molar-refractivity contribution in [3.8, 4) is 0 Å². The first-order chi connectivity index (χ1) is 11.5. The van der Waals surface area contributed by atoms with Crippen molar-refractivity contribution in [1.82, 2.24) is 9.80 Å². The number of amides is 2. The van der Waals surface area contributed by atoms with Gasteiger partial charge in [-0.1, -0.05) is 44.2 Å². The van der Waals surface area contributed by atoms with Gasteiger partial charge in [0, 0.05) is 20.1 Å². The van der Waals surface area contributed by atoms with Gasteiger partial charge in [0.25, 0.3) is 5.91 Å². The van der Waals surface area contributed by atoms with Crippen LogP contribution in [0.5, 0.6) is 0 Å². The van der Waals surface area contributed by atoms with Gasteiger partial charge in [0.15, 0.2) is 6.10 Å². The summed E-state index contributed by atoms with van der Waals surface area (Å²) in [6.45, 7) is 5.86. The lowest BCUT2D eigenvalue weighted by molar-refractivity contribution is -0.168. The van der Waals surface area contributed by atoms with Crippen LogP contribution in [0.3, 0.4) is 0 Å². The molecule has 1 aromatic carbocycles. The van der Waals surface area contributed by atoms with E-state index in [4.69, 9.17) is 4.74 Å². The van der Waals surface area contributed by atoms with Crippen LogP contribution in [0.2, 0.25) is 0 Å². The maximum atomic E-state index is 13.1. The first-order valence-corrected chi connectivity index (χ1v) is 8.68. The van der Waals surface area contributed by atoms with E-state index in [0.29, 0.717) is 11.8 Å². The van der Waals surface area contributed by atoms with Gasteiger partial charge < -0.3 is 14.5 Å². The second-order valence-electron chi connectivity index (χ2n) is 7.28. The molecule has 2 amide bonds. The van der Waals surface area contributed by atoms with Crippen molar-refractivity contribution in [2.75, 3.05) is 26.7 Å². The summed E-state index contributed by atoms with van der Waals surface area (Å²) in [4.78, 5) is 28.8. The summed E-state index contributed by atoms with van der Waals surface area (Å²) in [7, 11) is 1.75. The molecule has 1 aromatic rings. The molecular weight excluding hydrogens is 304 g/mol. The highest BCUT2D eigenvalue weighted by molar-refractivity contribution is 5.86. The van der Waals surface area contributed by atoms with Crippen LogP contribution in [0.15, 0.2) is 30.3 Å². The number of hydrogen-bond acceptors (Lipinski definition) is 3. The molecule has 0 spiro atoms. The van der Waals surface area contributed by atoms with Crippen molar-refractivity contribution in [2.45, 2.75) is 32.4 Å². The maximum Gasteiger partial charge on any atom is 0.254 e. The Hall–Kier alpha value is -1.88. The Morgan fingerprint density at radius 3 is 2.38 bits per heavy atom. The van der Waals surface area contributed by atoms with E-state index in [9.17, 15) is 9.59 Å². The minimum absolute atomic E-state index is 0.00148. The predicted octanol–water partition coefficient (Wildman–Crippen LogP) is 2.09. The van der Waals surface area contributed by atoms with Gasteiger partial charge in [-0.25, -0.2) is 0 Å². The Morgan fingerprint density at radius 1 is 1.12 bits per heavy atom. The predicted molar refractivity (Wildman–Crippen MR) is 91.2 cm³/mol. The van der Waals surface area contributed by atoms with Gasteiger partial charge in [0.05, 0.1) is 6.04 Å². The van der Waals surface area contributed by atoms with Crippen molar-refractivity contribution >= 4 is 11.8 Å². The molecule has 0 unspecified atom stereocenters. The molecule has 2 fully saturated rings. The van der Waals surface area contributed by atoms with Crippen molar-refractivity contribution in [1.29, 1.82) is 0 Å². The van der Waals surface area contributed by atoms with Crippen LogP contribution in [0, 0.1) is 11.8 Å². The highest BCUT2D eigenvalue weighted by atomic mass is 16.5. The lowest BCUT2D eigenvalue weighted by Crippen LogP contribution is -2.55. The number of likely N-dealkylation sites (tertiary alicyclic amines) is 1. The van der Waals surface area contributed by atoms with Crippen LogP contribution in [0.25, 0.3) is 0 Å². The second kappa shape index (κ2) is 6.93. The van der Waals surface area contributed by atoms with Gasteiger partial charge >= 0.3 is 0 Å². The molecule has 2 heterocycles. The Labute approximate surface area is 143 Å². The van der Waals surface area contributed by atoms with E-state index in [1.165, 1.54) is 0 Å². The van der Waals surface area contributed by atoms with Crippen LogP contribution in [0.4, 0.5) is 0 Å². The topological polar surface area (TPSA) is 49.9 Å². The molecule has 4 atom stereocenters. The Balaban J connectivity index is 1.86. The number of piperidine rings is 1. The summed E-state index contributed by atoms with van der Waals surface area (Å²) < 4.78 is 5.73. The Kier molecular flexibility index (Phi) is 4.90. The monoisotopic (exact) mass is 330 g/mol. The quantitative estimate of drug-likeness (QED) is 0.834. The molecule has 2 aliphatic rings. The Morgan fingerprint density at radius 2 is 1.75 bits per heavy atom. The van der Waals surface area contributed by atoms with E-state index >= 15 is 0 Å². The van der Waals surface area contributed by atoms with Crippen molar-refractivity contribution in [3.63, 3.8) is 0 Å². The second-order valence-corrected chi connectivity index (χ2v) is 7.28. The van der Waals surface area contributed by atoms with Gasteiger partial charge in [0.2, 0.25) is 5.91 Å². The first kappa shape index (κ1) is 17.0. The summed E-state index contributed by atoms with van der Waals surface area (Å²) in [5, 5.41) is 0.